The van der Waals surface area contributed by atoms with Gasteiger partial charge in [0.25, 0.3) is 5.91 Å². The third-order valence-electron chi connectivity index (χ3n) is 6.04. The summed E-state index contributed by atoms with van der Waals surface area (Å²) in [5.41, 5.74) is 1.72. The zero-order valence-electron chi connectivity index (χ0n) is 20.1. The second-order valence-electron chi connectivity index (χ2n) is 9.38. The van der Waals surface area contributed by atoms with Gasteiger partial charge in [-0.1, -0.05) is 32.0 Å². The van der Waals surface area contributed by atoms with Crippen molar-refractivity contribution >= 4 is 23.5 Å². The van der Waals surface area contributed by atoms with E-state index in [1.54, 1.807) is 46.2 Å². The molecule has 0 spiro atoms. The van der Waals surface area contributed by atoms with E-state index in [9.17, 15) is 18.8 Å². The molecule has 1 N–H and O–H groups in total. The Morgan fingerprint density at radius 2 is 1.94 bits per heavy atom. The molecule has 0 radical (unpaired) electrons. The topological polar surface area (TPSA) is 82.2 Å². The van der Waals surface area contributed by atoms with E-state index in [2.05, 4.69) is 5.32 Å². The summed E-state index contributed by atoms with van der Waals surface area (Å²) >= 11 is 0. The van der Waals surface area contributed by atoms with Crippen molar-refractivity contribution in [3.63, 3.8) is 0 Å². The van der Waals surface area contributed by atoms with Crippen molar-refractivity contribution in [2.75, 3.05) is 44.2 Å². The molecule has 0 aliphatic carbocycles. The highest BCUT2D eigenvalue weighted by atomic mass is 19.1. The van der Waals surface area contributed by atoms with Crippen LogP contribution < -0.4 is 10.2 Å². The molecule has 9 heteroatoms. The number of nitrogens with one attached hydrogen (secondary N) is 1. The fourth-order valence-corrected chi connectivity index (χ4v) is 4.40. The van der Waals surface area contributed by atoms with Gasteiger partial charge in [-0.3, -0.25) is 14.5 Å². The Hall–Kier alpha value is -3.46. The Kier molecular flexibility index (Phi) is 7.65. The third kappa shape index (κ3) is 6.16. The minimum atomic E-state index is -0.431. The zero-order valence-corrected chi connectivity index (χ0v) is 20.1. The predicted octanol–water partition coefficient (Wildman–Crippen LogP) is 2.88. The second-order valence-corrected chi connectivity index (χ2v) is 9.38. The van der Waals surface area contributed by atoms with E-state index >= 15 is 0 Å². The molecule has 0 aromatic heterocycles. The van der Waals surface area contributed by atoms with Crippen LogP contribution in [-0.2, 0) is 16.1 Å². The Bertz CT molecular complexity index is 1090. The largest absolute Gasteiger partial charge is 0.370 e. The summed E-state index contributed by atoms with van der Waals surface area (Å²) in [4.78, 5) is 43.4. The van der Waals surface area contributed by atoms with Gasteiger partial charge in [0.05, 0.1) is 12.7 Å². The minimum Gasteiger partial charge on any atom is -0.370 e. The molecule has 0 bridgehead atoms. The van der Waals surface area contributed by atoms with Crippen LogP contribution in [0.1, 0.15) is 29.8 Å². The quantitative estimate of drug-likeness (QED) is 0.658. The monoisotopic (exact) mass is 482 g/mol. The first-order valence-electron chi connectivity index (χ1n) is 11.9. The molecule has 4 rings (SSSR count). The molecule has 1 atom stereocenters. The molecule has 35 heavy (non-hydrogen) atoms. The van der Waals surface area contributed by atoms with Crippen LogP contribution in [0.3, 0.4) is 0 Å². The maximum absolute atomic E-state index is 13.6. The molecule has 0 unspecified atom stereocenters. The van der Waals surface area contributed by atoms with Crippen molar-refractivity contribution in [2.24, 2.45) is 5.92 Å². The Morgan fingerprint density at radius 1 is 1.14 bits per heavy atom. The summed E-state index contributed by atoms with van der Waals surface area (Å²) < 4.78 is 19.7. The molecule has 8 nitrogen and oxygen atoms in total. The summed E-state index contributed by atoms with van der Waals surface area (Å²) in [5, 5.41) is 2.75. The lowest BCUT2D eigenvalue weighted by Crippen LogP contribution is -2.40. The Labute approximate surface area is 204 Å². The van der Waals surface area contributed by atoms with Crippen LogP contribution in [-0.4, -0.2) is 73.0 Å². The Morgan fingerprint density at radius 3 is 2.66 bits per heavy atom. The number of halogens is 1. The Balaban J connectivity index is 1.53. The number of nitrogens with zero attached hydrogens (tertiary/aromatic N) is 3. The first kappa shape index (κ1) is 24.7. The third-order valence-corrected chi connectivity index (χ3v) is 6.04. The number of benzene rings is 2. The van der Waals surface area contributed by atoms with Crippen molar-refractivity contribution in [1.82, 2.24) is 15.1 Å². The lowest BCUT2D eigenvalue weighted by atomic mass is 10.1. The molecule has 186 valence electrons. The van der Waals surface area contributed by atoms with E-state index < -0.39 is 6.10 Å². The van der Waals surface area contributed by atoms with Crippen LogP contribution in [0.15, 0.2) is 48.5 Å². The number of carbonyl (C=O) groups is 3. The molecule has 2 aromatic rings. The molecule has 0 saturated carbocycles. The highest BCUT2D eigenvalue weighted by Crippen LogP contribution is 2.21. The van der Waals surface area contributed by atoms with Crippen molar-refractivity contribution < 1.29 is 23.5 Å². The van der Waals surface area contributed by atoms with Gasteiger partial charge in [0, 0.05) is 44.0 Å². The number of urea groups is 1. The number of hydrogen-bond acceptors (Lipinski definition) is 4. The molecular weight excluding hydrogens is 451 g/mol. The molecule has 2 aliphatic rings. The van der Waals surface area contributed by atoms with E-state index in [0.29, 0.717) is 43.0 Å². The number of anilines is 1. The number of rotatable bonds is 7. The predicted molar refractivity (Wildman–Crippen MR) is 129 cm³/mol. The van der Waals surface area contributed by atoms with Crippen molar-refractivity contribution in [3.8, 4) is 0 Å². The lowest BCUT2D eigenvalue weighted by molar-refractivity contribution is -0.132. The maximum atomic E-state index is 13.6. The minimum absolute atomic E-state index is 0.0557. The number of ether oxygens (including phenoxy) is 1. The fraction of sp³-hybridized carbons (Fsp3) is 0.423. The standard InChI is InChI=1S/C26H31FN4O4/c1-18(2)13-29-14-23(35-17-19-5-3-7-21(27)11-19)15-30(16-24(29)32)25(33)20-6-4-8-22(12-20)31-10-9-28-26(31)34/h3-8,11-12,18,23H,9-10,13-17H2,1-2H3,(H,28,34)/t23-/m1/s1. The molecular formula is C26H31FN4O4. The number of hydrogen-bond donors (Lipinski definition) is 1. The SMILES string of the molecule is CC(C)CN1C[C@@H](OCc2cccc(F)c2)CN(C(=O)c2cccc(N3CCNC3=O)c2)CC1=O. The van der Waals surface area contributed by atoms with Crippen LogP contribution in [0.4, 0.5) is 14.9 Å². The van der Waals surface area contributed by atoms with E-state index in [-0.39, 0.29) is 49.3 Å². The van der Waals surface area contributed by atoms with Gasteiger partial charge in [0.1, 0.15) is 12.4 Å². The molecule has 4 amide bonds. The van der Waals surface area contributed by atoms with Gasteiger partial charge in [-0.15, -0.1) is 0 Å². The second kappa shape index (κ2) is 10.9. The lowest BCUT2D eigenvalue weighted by Gasteiger charge is -2.26. The van der Waals surface area contributed by atoms with Crippen LogP contribution in [0, 0.1) is 11.7 Å². The molecule has 2 aliphatic heterocycles. The first-order valence-corrected chi connectivity index (χ1v) is 11.9. The first-order chi connectivity index (χ1) is 16.8. The van der Waals surface area contributed by atoms with E-state index in [1.165, 1.54) is 17.0 Å². The molecule has 2 aromatic carbocycles. The van der Waals surface area contributed by atoms with E-state index in [1.807, 2.05) is 13.8 Å². The van der Waals surface area contributed by atoms with Gasteiger partial charge in [-0.05, 0) is 41.8 Å². The van der Waals surface area contributed by atoms with Gasteiger partial charge in [0.15, 0.2) is 0 Å². The maximum Gasteiger partial charge on any atom is 0.321 e. The van der Waals surface area contributed by atoms with Crippen LogP contribution in [0.5, 0.6) is 0 Å². The van der Waals surface area contributed by atoms with Gasteiger partial charge in [-0.2, -0.15) is 0 Å². The van der Waals surface area contributed by atoms with Crippen molar-refractivity contribution in [3.05, 3.63) is 65.5 Å². The molecule has 2 heterocycles. The number of amides is 4. The van der Waals surface area contributed by atoms with E-state index in [4.69, 9.17) is 4.74 Å². The summed E-state index contributed by atoms with van der Waals surface area (Å²) in [6, 6.07) is 12.9. The van der Waals surface area contributed by atoms with Crippen LogP contribution in [0.2, 0.25) is 0 Å². The van der Waals surface area contributed by atoms with Gasteiger partial charge >= 0.3 is 6.03 Å². The van der Waals surface area contributed by atoms with E-state index in [0.717, 1.165) is 0 Å². The number of carbonyl (C=O) groups excluding carboxylic acids is 3. The molecule has 2 fully saturated rings. The van der Waals surface area contributed by atoms with Crippen LogP contribution in [0.25, 0.3) is 0 Å². The van der Waals surface area contributed by atoms with Gasteiger partial charge < -0.3 is 19.9 Å². The summed E-state index contributed by atoms with van der Waals surface area (Å²) in [6.07, 6.45) is -0.431. The average molecular weight is 483 g/mol. The summed E-state index contributed by atoms with van der Waals surface area (Å²) in [6.45, 7) is 6.39. The van der Waals surface area contributed by atoms with Crippen molar-refractivity contribution in [1.29, 1.82) is 0 Å². The normalized spacial score (nSPS) is 18.7. The van der Waals surface area contributed by atoms with Gasteiger partial charge in [-0.25, -0.2) is 9.18 Å². The van der Waals surface area contributed by atoms with Crippen LogP contribution >= 0.6 is 0 Å². The summed E-state index contributed by atoms with van der Waals surface area (Å²) in [7, 11) is 0. The zero-order chi connectivity index (χ0) is 24.9. The highest BCUT2D eigenvalue weighted by molar-refractivity contribution is 5.99. The highest BCUT2D eigenvalue weighted by Gasteiger charge is 2.32. The fourth-order valence-electron chi connectivity index (χ4n) is 4.40. The summed E-state index contributed by atoms with van der Waals surface area (Å²) in [5.74, 6) is -0.523. The van der Waals surface area contributed by atoms with Crippen molar-refractivity contribution in [2.45, 2.75) is 26.6 Å². The smallest absolute Gasteiger partial charge is 0.321 e. The van der Waals surface area contributed by atoms with Gasteiger partial charge in [0.2, 0.25) is 5.91 Å². The molecule has 2 saturated heterocycles. The average Bonchev–Trinajstić information content (AvgIpc) is 3.19.